The fourth-order valence-electron chi connectivity index (χ4n) is 1.77. The van der Waals surface area contributed by atoms with Crippen LogP contribution in [-0.4, -0.2) is 18.2 Å². The molecule has 0 amide bonds. The third-order valence-corrected chi connectivity index (χ3v) is 3.20. The van der Waals surface area contributed by atoms with Crippen LogP contribution < -0.4 is 15.2 Å². The number of rotatable bonds is 2. The van der Waals surface area contributed by atoms with Crippen LogP contribution in [0.3, 0.4) is 0 Å². The summed E-state index contributed by atoms with van der Waals surface area (Å²) in [5, 5.41) is 3.61. The van der Waals surface area contributed by atoms with Gasteiger partial charge < -0.3 is 19.7 Å². The number of hydrogen-bond donors (Lipinski definition) is 1. The van der Waals surface area contributed by atoms with Gasteiger partial charge in [-0.3, -0.25) is 4.79 Å². The lowest BCUT2D eigenvalue weighted by Crippen LogP contribution is -1.94. The number of anilines is 1. The normalized spacial score (nSPS) is 12.7. The Morgan fingerprint density at radius 3 is 2.78 bits per heavy atom. The highest BCUT2D eigenvalue weighted by Crippen LogP contribution is 2.46. The van der Waals surface area contributed by atoms with Crippen molar-refractivity contribution in [1.29, 1.82) is 0 Å². The Kier molecular flexibility index (Phi) is 2.48. The maximum atomic E-state index is 11.0. The third-order valence-electron chi connectivity index (χ3n) is 2.54. The Morgan fingerprint density at radius 2 is 2.11 bits per heavy atom. The average molecular weight is 311 g/mol. The zero-order chi connectivity index (χ0) is 12.7. The van der Waals surface area contributed by atoms with Crippen LogP contribution >= 0.6 is 15.9 Å². The van der Waals surface area contributed by atoms with Crippen molar-refractivity contribution >= 4 is 28.0 Å². The molecule has 0 saturated carbocycles. The van der Waals surface area contributed by atoms with E-state index in [1.165, 1.54) is 0 Å². The highest BCUT2D eigenvalue weighted by molar-refractivity contribution is 9.10. The van der Waals surface area contributed by atoms with E-state index in [-0.39, 0.29) is 12.6 Å². The minimum Gasteiger partial charge on any atom is -0.453 e. The number of benzene rings is 1. The molecule has 0 unspecified atom stereocenters. The minimum absolute atomic E-state index is 0.0588. The lowest BCUT2D eigenvalue weighted by molar-refractivity contribution is 0.111. The number of hydrogen-bond acceptors (Lipinski definition) is 6. The largest absolute Gasteiger partial charge is 0.453 e. The molecule has 2 heterocycles. The lowest BCUT2D eigenvalue weighted by atomic mass is 10.1. The summed E-state index contributed by atoms with van der Waals surface area (Å²) in [5.41, 5.74) is 6.54. The van der Waals surface area contributed by atoms with Crippen molar-refractivity contribution in [1.82, 2.24) is 5.16 Å². The Hall–Kier alpha value is -2.02. The molecule has 0 radical (unpaired) electrons. The van der Waals surface area contributed by atoms with Gasteiger partial charge in [-0.2, -0.15) is 0 Å². The molecule has 0 aliphatic carbocycles. The monoisotopic (exact) mass is 310 g/mol. The fourth-order valence-corrected chi connectivity index (χ4v) is 2.27. The van der Waals surface area contributed by atoms with Gasteiger partial charge in [-0.25, -0.2) is 0 Å². The fraction of sp³-hybridized carbons (Fsp3) is 0.0909. The first kappa shape index (κ1) is 11.1. The molecule has 0 bridgehead atoms. The van der Waals surface area contributed by atoms with E-state index in [1.807, 2.05) is 0 Å². The molecule has 2 aromatic rings. The summed E-state index contributed by atoms with van der Waals surface area (Å²) in [6.07, 6.45) is 0.704. The first-order chi connectivity index (χ1) is 8.70. The second-order valence-electron chi connectivity index (χ2n) is 3.62. The van der Waals surface area contributed by atoms with E-state index >= 15 is 0 Å². The van der Waals surface area contributed by atoms with Crippen LogP contribution in [0.15, 0.2) is 21.1 Å². The first-order valence-corrected chi connectivity index (χ1v) is 5.80. The van der Waals surface area contributed by atoms with Gasteiger partial charge >= 0.3 is 0 Å². The molecule has 0 spiro atoms. The van der Waals surface area contributed by atoms with E-state index in [9.17, 15) is 4.79 Å². The number of carbonyl (C=O) groups is 1. The zero-order valence-corrected chi connectivity index (χ0v) is 10.6. The predicted molar refractivity (Wildman–Crippen MR) is 65.6 cm³/mol. The summed E-state index contributed by atoms with van der Waals surface area (Å²) < 4.78 is 16.3. The molecular weight excluding hydrogens is 304 g/mol. The van der Waals surface area contributed by atoms with E-state index in [2.05, 4.69) is 21.1 Å². The van der Waals surface area contributed by atoms with Crippen molar-refractivity contribution in [2.24, 2.45) is 0 Å². The number of ether oxygens (including phenoxy) is 2. The molecule has 0 atom stereocenters. The van der Waals surface area contributed by atoms with Crippen LogP contribution in [0.5, 0.6) is 11.5 Å². The number of nitrogens with two attached hydrogens (primary N) is 1. The van der Waals surface area contributed by atoms with Crippen LogP contribution in [0.1, 0.15) is 10.4 Å². The SMILES string of the molecule is Nc1cc(-c2cc(Br)c(C=O)c3c2OCO3)on1. The number of nitrogens with zero attached hydrogens (tertiary/aromatic N) is 1. The third kappa shape index (κ3) is 1.55. The molecule has 0 fully saturated rings. The molecule has 3 rings (SSSR count). The van der Waals surface area contributed by atoms with Crippen LogP contribution in [-0.2, 0) is 0 Å². The number of carbonyl (C=O) groups excluding carboxylic acids is 1. The van der Waals surface area contributed by atoms with Gasteiger partial charge in [0.05, 0.1) is 11.1 Å². The molecule has 92 valence electrons. The molecule has 1 aliphatic heterocycles. The minimum atomic E-state index is 0.0588. The molecular formula is C11H7BrN2O4. The van der Waals surface area contributed by atoms with E-state index < -0.39 is 0 Å². The number of aldehydes is 1. The molecule has 1 aliphatic rings. The average Bonchev–Trinajstić information content (AvgIpc) is 2.97. The summed E-state index contributed by atoms with van der Waals surface area (Å²) in [6, 6.07) is 3.28. The molecule has 7 heteroatoms. The van der Waals surface area contributed by atoms with Crippen molar-refractivity contribution in [3.63, 3.8) is 0 Å². The Balaban J connectivity index is 2.25. The van der Waals surface area contributed by atoms with Crippen LogP contribution in [0.25, 0.3) is 11.3 Å². The van der Waals surface area contributed by atoms with Crippen molar-refractivity contribution in [3.8, 4) is 22.8 Å². The first-order valence-electron chi connectivity index (χ1n) is 5.00. The number of halogens is 1. The van der Waals surface area contributed by atoms with Gasteiger partial charge in [0.2, 0.25) is 6.79 Å². The highest BCUT2D eigenvalue weighted by Gasteiger charge is 2.26. The van der Waals surface area contributed by atoms with Crippen molar-refractivity contribution in [3.05, 3.63) is 22.2 Å². The topological polar surface area (TPSA) is 87.6 Å². The number of fused-ring (bicyclic) bond motifs is 1. The van der Waals surface area contributed by atoms with Gasteiger partial charge in [0.25, 0.3) is 0 Å². The molecule has 6 nitrogen and oxygen atoms in total. The van der Waals surface area contributed by atoms with Crippen LogP contribution in [0, 0.1) is 0 Å². The van der Waals surface area contributed by atoms with Crippen LogP contribution in [0.2, 0.25) is 0 Å². The molecule has 0 saturated heterocycles. The van der Waals surface area contributed by atoms with Crippen LogP contribution in [0.4, 0.5) is 5.82 Å². The Labute approximate surface area is 110 Å². The van der Waals surface area contributed by atoms with Gasteiger partial charge in [0.15, 0.2) is 29.4 Å². The van der Waals surface area contributed by atoms with E-state index in [0.29, 0.717) is 39.1 Å². The highest BCUT2D eigenvalue weighted by atomic mass is 79.9. The van der Waals surface area contributed by atoms with Crippen molar-refractivity contribution in [2.45, 2.75) is 0 Å². The molecule has 2 N–H and O–H groups in total. The predicted octanol–water partition coefficient (Wildman–Crippen LogP) is 2.23. The van der Waals surface area contributed by atoms with E-state index in [0.717, 1.165) is 0 Å². The summed E-state index contributed by atoms with van der Waals surface area (Å²) >= 11 is 3.30. The van der Waals surface area contributed by atoms with Crippen molar-refractivity contribution < 1.29 is 18.8 Å². The second kappa shape index (κ2) is 4.02. The summed E-state index contributed by atoms with van der Waals surface area (Å²) in [7, 11) is 0. The Bertz CT molecular complexity index is 638. The summed E-state index contributed by atoms with van der Waals surface area (Å²) in [6.45, 7) is 0.0588. The summed E-state index contributed by atoms with van der Waals surface area (Å²) in [4.78, 5) is 11.0. The van der Waals surface area contributed by atoms with Gasteiger partial charge in [-0.05, 0) is 22.0 Å². The molecule has 18 heavy (non-hydrogen) atoms. The van der Waals surface area contributed by atoms with Gasteiger partial charge in [-0.15, -0.1) is 0 Å². The molecule has 1 aromatic carbocycles. The van der Waals surface area contributed by atoms with E-state index in [4.69, 9.17) is 19.7 Å². The smallest absolute Gasteiger partial charge is 0.231 e. The quantitative estimate of drug-likeness (QED) is 0.856. The van der Waals surface area contributed by atoms with E-state index in [1.54, 1.807) is 12.1 Å². The summed E-state index contributed by atoms with van der Waals surface area (Å²) in [5.74, 6) is 1.57. The van der Waals surface area contributed by atoms with Gasteiger partial charge in [0, 0.05) is 10.5 Å². The standard InChI is InChI=1S/C11H7BrN2O4/c12-7-1-5(8-2-9(13)14-18-8)10-11(6(7)3-15)17-4-16-10/h1-3H,4H2,(H2,13,14). The lowest BCUT2D eigenvalue weighted by Gasteiger charge is -2.06. The van der Waals surface area contributed by atoms with Gasteiger partial charge in [0.1, 0.15) is 0 Å². The number of aromatic nitrogens is 1. The maximum absolute atomic E-state index is 11.0. The maximum Gasteiger partial charge on any atom is 0.231 e. The zero-order valence-electron chi connectivity index (χ0n) is 8.97. The van der Waals surface area contributed by atoms with Gasteiger partial charge in [-0.1, -0.05) is 5.16 Å². The van der Waals surface area contributed by atoms with Crippen molar-refractivity contribution in [2.75, 3.05) is 12.5 Å². The second-order valence-corrected chi connectivity index (χ2v) is 4.47. The Morgan fingerprint density at radius 1 is 1.33 bits per heavy atom. The molecule has 1 aromatic heterocycles. The number of nitrogen functional groups attached to an aromatic ring is 1.